The molecule has 2 heterocycles. The van der Waals surface area contributed by atoms with E-state index in [1.165, 1.54) is 23.1 Å². The van der Waals surface area contributed by atoms with E-state index >= 15 is 0 Å². The Balaban J connectivity index is 1.33. The van der Waals surface area contributed by atoms with Crippen LogP contribution in [0.5, 0.6) is 5.75 Å². The summed E-state index contributed by atoms with van der Waals surface area (Å²) < 4.78 is 10.8. The second kappa shape index (κ2) is 11.4. The summed E-state index contributed by atoms with van der Waals surface area (Å²) in [4.78, 5) is 17.2. The highest BCUT2D eigenvalue weighted by Crippen LogP contribution is 2.28. The number of fused-ring (bicyclic) bond motifs is 1. The zero-order valence-electron chi connectivity index (χ0n) is 20.1. The first-order chi connectivity index (χ1) is 16.5. The summed E-state index contributed by atoms with van der Waals surface area (Å²) in [7, 11) is 1.40. The van der Waals surface area contributed by atoms with Gasteiger partial charge in [-0.05, 0) is 60.7 Å². The fourth-order valence-electron chi connectivity index (χ4n) is 4.39. The molecule has 1 aliphatic heterocycles. The molecule has 1 aliphatic rings. The van der Waals surface area contributed by atoms with Crippen molar-refractivity contribution in [3.05, 3.63) is 86.6 Å². The zero-order valence-corrected chi connectivity index (χ0v) is 20.9. The number of esters is 1. The predicted octanol–water partition coefficient (Wildman–Crippen LogP) is 5.86. The number of benzene rings is 2. The Labute approximate surface area is 206 Å². The van der Waals surface area contributed by atoms with Crippen molar-refractivity contribution < 1.29 is 14.3 Å². The van der Waals surface area contributed by atoms with Crippen LogP contribution in [0.4, 0.5) is 0 Å². The molecule has 3 aromatic rings. The van der Waals surface area contributed by atoms with Crippen LogP contribution >= 0.6 is 11.3 Å². The lowest BCUT2D eigenvalue weighted by Gasteiger charge is -2.27. The number of methoxy groups -OCH3 is 1. The molecule has 1 atom stereocenters. The largest absolute Gasteiger partial charge is 0.489 e. The molecule has 34 heavy (non-hydrogen) atoms. The van der Waals surface area contributed by atoms with E-state index in [9.17, 15) is 4.79 Å². The molecule has 0 aliphatic carbocycles. The van der Waals surface area contributed by atoms with Crippen LogP contribution in [0.2, 0.25) is 0 Å². The summed E-state index contributed by atoms with van der Waals surface area (Å²) in [6.45, 7) is 7.59. The average Bonchev–Trinajstić information content (AvgIpc) is 3.22. The molecular formula is C29H31NO3S. The van der Waals surface area contributed by atoms with Crippen molar-refractivity contribution in [2.24, 2.45) is 0 Å². The molecular weight excluding hydrogens is 442 g/mol. The summed E-state index contributed by atoms with van der Waals surface area (Å²) in [5, 5.41) is 0. The van der Waals surface area contributed by atoms with Crippen molar-refractivity contribution in [3.8, 4) is 17.6 Å². The van der Waals surface area contributed by atoms with Gasteiger partial charge in [0.25, 0.3) is 0 Å². The Kier molecular flexibility index (Phi) is 8.05. The molecule has 1 unspecified atom stereocenters. The molecule has 2 aromatic carbocycles. The predicted molar refractivity (Wildman–Crippen MR) is 137 cm³/mol. The van der Waals surface area contributed by atoms with E-state index in [0.29, 0.717) is 6.61 Å². The van der Waals surface area contributed by atoms with Crippen LogP contribution in [0.3, 0.4) is 0 Å². The second-order valence-electron chi connectivity index (χ2n) is 8.67. The normalized spacial score (nSPS) is 14.0. The molecule has 0 saturated heterocycles. The topological polar surface area (TPSA) is 38.8 Å². The lowest BCUT2D eigenvalue weighted by Crippen LogP contribution is -2.29. The van der Waals surface area contributed by atoms with Crippen LogP contribution in [0, 0.1) is 18.8 Å². The van der Waals surface area contributed by atoms with Crippen LogP contribution in [-0.2, 0) is 35.6 Å². The monoisotopic (exact) mass is 473 g/mol. The van der Waals surface area contributed by atoms with Gasteiger partial charge >= 0.3 is 5.97 Å². The van der Waals surface area contributed by atoms with E-state index in [0.717, 1.165) is 42.9 Å². The van der Waals surface area contributed by atoms with Gasteiger partial charge in [0.05, 0.1) is 19.4 Å². The van der Waals surface area contributed by atoms with Gasteiger partial charge in [0.15, 0.2) is 0 Å². The molecule has 176 valence electrons. The fraction of sp³-hybridized carbons (Fsp3) is 0.345. The van der Waals surface area contributed by atoms with Gasteiger partial charge in [0.2, 0.25) is 0 Å². The number of nitrogens with zero attached hydrogens (tertiary/aromatic N) is 1. The summed E-state index contributed by atoms with van der Waals surface area (Å²) in [5.41, 5.74) is 4.96. The summed E-state index contributed by atoms with van der Waals surface area (Å²) in [5.74, 6) is 6.36. The molecule has 0 fully saturated rings. The highest BCUT2D eigenvalue weighted by atomic mass is 32.1. The van der Waals surface area contributed by atoms with Gasteiger partial charge in [-0.15, -0.1) is 17.3 Å². The maximum absolute atomic E-state index is 11.7. The summed E-state index contributed by atoms with van der Waals surface area (Å²) >= 11 is 1.94. The number of thiophene rings is 1. The quantitative estimate of drug-likeness (QED) is 0.303. The Morgan fingerprint density at radius 2 is 1.94 bits per heavy atom. The van der Waals surface area contributed by atoms with Gasteiger partial charge in [-0.1, -0.05) is 42.3 Å². The summed E-state index contributed by atoms with van der Waals surface area (Å²) in [6.07, 6.45) is 1.39. The third kappa shape index (κ3) is 6.28. The molecule has 0 amide bonds. The van der Waals surface area contributed by atoms with Gasteiger partial charge in [0, 0.05) is 29.4 Å². The maximum atomic E-state index is 11.7. The van der Waals surface area contributed by atoms with Gasteiger partial charge in [-0.3, -0.25) is 9.69 Å². The fourth-order valence-corrected chi connectivity index (χ4v) is 5.43. The third-order valence-corrected chi connectivity index (χ3v) is 7.22. The lowest BCUT2D eigenvalue weighted by molar-refractivity contribution is -0.140. The molecule has 4 nitrogen and oxygen atoms in total. The first kappa shape index (κ1) is 24.1. The molecule has 0 bridgehead atoms. The van der Waals surface area contributed by atoms with Crippen LogP contribution < -0.4 is 4.74 Å². The Bertz CT molecular complexity index is 1190. The maximum Gasteiger partial charge on any atom is 0.307 e. The van der Waals surface area contributed by atoms with E-state index in [2.05, 4.69) is 54.0 Å². The highest BCUT2D eigenvalue weighted by molar-refractivity contribution is 7.12. The smallest absolute Gasteiger partial charge is 0.307 e. The first-order valence-corrected chi connectivity index (χ1v) is 12.5. The molecule has 5 heteroatoms. The minimum atomic E-state index is -0.261. The molecule has 4 rings (SSSR count). The van der Waals surface area contributed by atoms with Crippen LogP contribution in [0.25, 0.3) is 0 Å². The second-order valence-corrected chi connectivity index (χ2v) is 10.0. The van der Waals surface area contributed by atoms with E-state index in [1.807, 2.05) is 35.6 Å². The van der Waals surface area contributed by atoms with Crippen molar-refractivity contribution in [1.82, 2.24) is 4.90 Å². The van der Waals surface area contributed by atoms with Crippen molar-refractivity contribution in [2.75, 3.05) is 13.7 Å². The minimum Gasteiger partial charge on any atom is -0.489 e. The van der Waals surface area contributed by atoms with Crippen molar-refractivity contribution in [1.29, 1.82) is 0 Å². The number of hydrogen-bond donors (Lipinski definition) is 0. The van der Waals surface area contributed by atoms with Crippen molar-refractivity contribution >= 4 is 17.3 Å². The number of hydrogen-bond acceptors (Lipinski definition) is 5. The number of rotatable bonds is 8. The molecule has 1 aromatic heterocycles. The molecule has 0 saturated carbocycles. The van der Waals surface area contributed by atoms with Gasteiger partial charge in [0.1, 0.15) is 12.4 Å². The standard InChI is InChI=1S/C29H31NO3S/c1-4-6-25(17-29(31)32-3)24-9-11-27(12-10-24)33-20-23-8-5-7-22(16-23)18-30-14-13-28-26(19-30)15-21(2)34-28/h5,7-12,15-16,25H,13-14,17-20H2,1-3H3. The van der Waals surface area contributed by atoms with E-state index in [1.54, 1.807) is 11.8 Å². The van der Waals surface area contributed by atoms with Gasteiger partial charge < -0.3 is 9.47 Å². The number of carbonyl (C=O) groups excluding carboxylic acids is 1. The van der Waals surface area contributed by atoms with Gasteiger partial charge in [-0.25, -0.2) is 0 Å². The van der Waals surface area contributed by atoms with E-state index in [-0.39, 0.29) is 18.3 Å². The average molecular weight is 474 g/mol. The van der Waals surface area contributed by atoms with Crippen LogP contribution in [0.15, 0.2) is 54.6 Å². The first-order valence-electron chi connectivity index (χ1n) is 11.6. The van der Waals surface area contributed by atoms with E-state index < -0.39 is 0 Å². The Morgan fingerprint density at radius 1 is 1.15 bits per heavy atom. The van der Waals surface area contributed by atoms with Crippen LogP contribution in [0.1, 0.15) is 51.3 Å². The highest BCUT2D eigenvalue weighted by Gasteiger charge is 2.18. The number of ether oxygens (including phenoxy) is 2. The van der Waals surface area contributed by atoms with Crippen molar-refractivity contribution in [3.63, 3.8) is 0 Å². The van der Waals surface area contributed by atoms with Crippen molar-refractivity contribution in [2.45, 2.75) is 52.3 Å². The molecule has 0 spiro atoms. The van der Waals surface area contributed by atoms with Gasteiger partial charge in [-0.2, -0.15) is 0 Å². The zero-order chi connectivity index (χ0) is 23.9. The van der Waals surface area contributed by atoms with E-state index in [4.69, 9.17) is 9.47 Å². The Hall–Kier alpha value is -3.07. The summed E-state index contributed by atoms with van der Waals surface area (Å²) in [6, 6.07) is 18.8. The number of aryl methyl sites for hydroxylation is 1. The Morgan fingerprint density at radius 3 is 2.71 bits per heavy atom. The minimum absolute atomic E-state index is 0.174. The SMILES string of the molecule is CC#CC(CC(=O)OC)c1ccc(OCc2cccc(CN3CCc4sc(C)cc4C3)c2)cc1. The molecule has 0 N–H and O–H groups in total. The molecule has 0 radical (unpaired) electrons. The third-order valence-electron chi connectivity index (χ3n) is 6.07. The number of carbonyl (C=O) groups is 1. The lowest BCUT2D eigenvalue weighted by atomic mass is 9.96. The van der Waals surface area contributed by atoms with Crippen LogP contribution in [-0.4, -0.2) is 24.5 Å².